The molecule has 0 atom stereocenters. The van der Waals surface area contributed by atoms with E-state index in [0.29, 0.717) is 9.92 Å². The molecule has 0 radical (unpaired) electrons. The number of thiol groups is 1. The van der Waals surface area contributed by atoms with Crippen LogP contribution in [-0.2, 0) is 0 Å². The van der Waals surface area contributed by atoms with Gasteiger partial charge in [-0.05, 0) is 28.1 Å². The summed E-state index contributed by atoms with van der Waals surface area (Å²) in [5.41, 5.74) is 0. The Bertz CT molecular complexity index is 277. The van der Waals surface area contributed by atoms with Crippen molar-refractivity contribution in [3.63, 3.8) is 0 Å². The lowest BCUT2D eigenvalue weighted by molar-refractivity contribution is 0.411. The fourth-order valence-corrected chi connectivity index (χ4v) is 1.66. The van der Waals surface area contributed by atoms with Gasteiger partial charge in [0.1, 0.15) is 5.75 Å². The number of methoxy groups -OCH3 is 1. The van der Waals surface area contributed by atoms with E-state index in [4.69, 9.17) is 16.3 Å². The first kappa shape index (κ1) is 9.23. The Hall–Kier alpha value is 0.140. The van der Waals surface area contributed by atoms with Gasteiger partial charge in [-0.25, -0.2) is 0 Å². The summed E-state index contributed by atoms with van der Waals surface area (Å²) in [5, 5.41) is 0.612. The van der Waals surface area contributed by atoms with E-state index in [1.54, 1.807) is 19.2 Å². The Labute approximate surface area is 84.2 Å². The number of hydrogen-bond donors (Lipinski definition) is 1. The van der Waals surface area contributed by atoms with Gasteiger partial charge in [-0.2, -0.15) is 0 Å². The van der Waals surface area contributed by atoms with Crippen LogP contribution in [0.2, 0.25) is 5.02 Å². The quantitative estimate of drug-likeness (QED) is 0.755. The van der Waals surface area contributed by atoms with Crippen LogP contribution in [0.15, 0.2) is 21.5 Å². The molecule has 0 amide bonds. The largest absolute Gasteiger partial charge is 0.496 e. The Balaban J connectivity index is 3.21. The van der Waals surface area contributed by atoms with Gasteiger partial charge in [0.2, 0.25) is 0 Å². The van der Waals surface area contributed by atoms with E-state index in [1.165, 1.54) is 0 Å². The molecule has 4 heteroatoms. The predicted molar refractivity (Wildman–Crippen MR) is 53.0 cm³/mol. The molecule has 0 aliphatic carbocycles. The van der Waals surface area contributed by atoms with Crippen LogP contribution in [0, 0.1) is 0 Å². The van der Waals surface area contributed by atoms with Gasteiger partial charge in [0, 0.05) is 4.90 Å². The molecular formula is C7H6BrClOS. The Morgan fingerprint density at radius 2 is 2.18 bits per heavy atom. The highest BCUT2D eigenvalue weighted by Crippen LogP contribution is 2.32. The maximum atomic E-state index is 5.78. The maximum absolute atomic E-state index is 5.78. The van der Waals surface area contributed by atoms with Crippen LogP contribution < -0.4 is 4.74 Å². The third kappa shape index (κ3) is 2.04. The lowest BCUT2D eigenvalue weighted by atomic mass is 10.3. The molecule has 0 saturated heterocycles. The number of ether oxygens (including phenoxy) is 1. The average Bonchev–Trinajstić information content (AvgIpc) is 1.97. The molecule has 0 fully saturated rings. The van der Waals surface area contributed by atoms with Gasteiger partial charge in [-0.15, -0.1) is 12.6 Å². The van der Waals surface area contributed by atoms with E-state index < -0.39 is 0 Å². The number of halogens is 2. The summed E-state index contributed by atoms with van der Waals surface area (Å²) >= 11 is 13.2. The molecule has 0 aliphatic rings. The predicted octanol–water partition coefficient (Wildman–Crippen LogP) is 3.40. The lowest BCUT2D eigenvalue weighted by Crippen LogP contribution is -1.84. The van der Waals surface area contributed by atoms with Crippen LogP contribution in [-0.4, -0.2) is 7.11 Å². The topological polar surface area (TPSA) is 9.23 Å². The molecule has 0 unspecified atom stereocenters. The van der Waals surface area contributed by atoms with Crippen LogP contribution in [0.3, 0.4) is 0 Å². The number of rotatable bonds is 1. The summed E-state index contributed by atoms with van der Waals surface area (Å²) in [6.45, 7) is 0. The second kappa shape index (κ2) is 3.70. The van der Waals surface area contributed by atoms with Gasteiger partial charge in [-0.1, -0.05) is 11.6 Å². The third-order valence-electron chi connectivity index (χ3n) is 1.22. The van der Waals surface area contributed by atoms with Crippen molar-refractivity contribution in [2.45, 2.75) is 4.90 Å². The van der Waals surface area contributed by atoms with E-state index in [0.717, 1.165) is 10.2 Å². The second-order valence-electron chi connectivity index (χ2n) is 1.94. The minimum absolute atomic E-state index is 0.612. The minimum atomic E-state index is 0.612. The zero-order valence-electron chi connectivity index (χ0n) is 5.77. The standard InChI is InChI=1S/C7H6BrClOS/c1-10-6-3-7(11)5(9)2-4(6)8/h2-3,11H,1H3. The average molecular weight is 254 g/mol. The fraction of sp³-hybridized carbons (Fsp3) is 0.143. The molecule has 0 spiro atoms. The van der Waals surface area contributed by atoms with Crippen molar-refractivity contribution in [1.82, 2.24) is 0 Å². The lowest BCUT2D eigenvalue weighted by Gasteiger charge is -2.04. The highest BCUT2D eigenvalue weighted by atomic mass is 79.9. The van der Waals surface area contributed by atoms with Crippen molar-refractivity contribution in [3.8, 4) is 5.75 Å². The Morgan fingerprint density at radius 1 is 1.55 bits per heavy atom. The summed E-state index contributed by atoms with van der Waals surface area (Å²) in [6, 6.07) is 3.51. The van der Waals surface area contributed by atoms with Crippen molar-refractivity contribution < 1.29 is 4.74 Å². The molecule has 0 bridgehead atoms. The molecule has 60 valence electrons. The van der Waals surface area contributed by atoms with Crippen molar-refractivity contribution in [2.24, 2.45) is 0 Å². The van der Waals surface area contributed by atoms with Crippen LogP contribution in [0.1, 0.15) is 0 Å². The first-order valence-electron chi connectivity index (χ1n) is 2.87. The van der Waals surface area contributed by atoms with Gasteiger partial charge in [0.05, 0.1) is 16.6 Å². The second-order valence-corrected chi connectivity index (χ2v) is 3.68. The molecule has 11 heavy (non-hydrogen) atoms. The molecule has 0 aromatic heterocycles. The summed E-state index contributed by atoms with van der Waals surface area (Å²) in [5.74, 6) is 0.736. The molecule has 1 aromatic carbocycles. The zero-order valence-corrected chi connectivity index (χ0v) is 9.00. The van der Waals surface area contributed by atoms with Crippen molar-refractivity contribution in [1.29, 1.82) is 0 Å². The summed E-state index contributed by atoms with van der Waals surface area (Å²) in [6.07, 6.45) is 0. The SMILES string of the molecule is COc1cc(S)c(Cl)cc1Br. The third-order valence-corrected chi connectivity index (χ3v) is 2.66. The minimum Gasteiger partial charge on any atom is -0.496 e. The van der Waals surface area contributed by atoms with Crippen molar-refractivity contribution >= 4 is 40.2 Å². The smallest absolute Gasteiger partial charge is 0.134 e. The number of hydrogen-bond acceptors (Lipinski definition) is 2. The van der Waals surface area contributed by atoms with E-state index in [-0.39, 0.29) is 0 Å². The Kier molecular flexibility index (Phi) is 3.10. The van der Waals surface area contributed by atoms with Crippen LogP contribution >= 0.6 is 40.2 Å². The van der Waals surface area contributed by atoms with Crippen LogP contribution in [0.5, 0.6) is 5.75 Å². The highest BCUT2D eigenvalue weighted by Gasteiger charge is 2.03. The molecule has 0 aliphatic heterocycles. The summed E-state index contributed by atoms with van der Waals surface area (Å²) < 4.78 is 5.86. The van der Waals surface area contributed by atoms with Gasteiger partial charge in [-0.3, -0.25) is 0 Å². The molecule has 1 rings (SSSR count). The van der Waals surface area contributed by atoms with Gasteiger partial charge in [0.15, 0.2) is 0 Å². The van der Waals surface area contributed by atoms with Crippen molar-refractivity contribution in [3.05, 3.63) is 21.6 Å². The van der Waals surface area contributed by atoms with Crippen LogP contribution in [0.25, 0.3) is 0 Å². The Morgan fingerprint density at radius 3 is 2.73 bits per heavy atom. The molecule has 0 N–H and O–H groups in total. The molecule has 1 nitrogen and oxygen atoms in total. The normalized spacial score (nSPS) is 9.82. The maximum Gasteiger partial charge on any atom is 0.134 e. The van der Waals surface area contributed by atoms with Gasteiger partial charge < -0.3 is 4.74 Å². The number of benzene rings is 1. The van der Waals surface area contributed by atoms with E-state index in [9.17, 15) is 0 Å². The van der Waals surface area contributed by atoms with E-state index in [1.807, 2.05) is 0 Å². The van der Waals surface area contributed by atoms with E-state index in [2.05, 4.69) is 28.6 Å². The first-order chi connectivity index (χ1) is 5.15. The fourth-order valence-electron chi connectivity index (χ4n) is 0.675. The summed E-state index contributed by atoms with van der Waals surface area (Å²) in [7, 11) is 1.60. The first-order valence-corrected chi connectivity index (χ1v) is 4.49. The highest BCUT2D eigenvalue weighted by molar-refractivity contribution is 9.10. The molecule has 0 heterocycles. The summed E-state index contributed by atoms with van der Waals surface area (Å²) in [4.78, 5) is 0.715. The monoisotopic (exact) mass is 252 g/mol. The van der Waals surface area contributed by atoms with Gasteiger partial charge >= 0.3 is 0 Å². The zero-order chi connectivity index (χ0) is 8.43. The molecule has 1 aromatic rings. The van der Waals surface area contributed by atoms with E-state index >= 15 is 0 Å². The van der Waals surface area contributed by atoms with Crippen LogP contribution in [0.4, 0.5) is 0 Å². The van der Waals surface area contributed by atoms with Gasteiger partial charge in [0.25, 0.3) is 0 Å². The molecule has 0 saturated carbocycles. The van der Waals surface area contributed by atoms with Crippen molar-refractivity contribution in [2.75, 3.05) is 7.11 Å². The molecular weight excluding hydrogens is 247 g/mol.